The molecule has 0 aliphatic carbocycles. The number of amides is 1. The number of hydrogen-bond donors (Lipinski definition) is 2. The number of guanidine groups is 1. The summed E-state index contributed by atoms with van der Waals surface area (Å²) in [5, 5.41) is 9.15. The molecule has 0 radical (unpaired) electrons. The highest BCUT2D eigenvalue weighted by Gasteiger charge is 2.07. The van der Waals surface area contributed by atoms with Crippen molar-refractivity contribution in [2.45, 2.75) is 6.54 Å². The highest BCUT2D eigenvalue weighted by atomic mass is 32.1. The molecule has 0 spiro atoms. The van der Waals surface area contributed by atoms with E-state index in [0.29, 0.717) is 12.5 Å². The first-order valence-corrected chi connectivity index (χ1v) is 8.12. The first kappa shape index (κ1) is 17.0. The number of carbonyl (C=O) groups is 1. The van der Waals surface area contributed by atoms with E-state index in [1.807, 2.05) is 35.7 Å². The number of benzene rings is 1. The number of carbonyl (C=O) groups excluding carboxylic acids is 1. The summed E-state index contributed by atoms with van der Waals surface area (Å²) < 4.78 is 0. The first-order valence-electron chi connectivity index (χ1n) is 7.24. The molecule has 7 heteroatoms. The van der Waals surface area contributed by atoms with Gasteiger partial charge in [0.15, 0.2) is 5.96 Å². The van der Waals surface area contributed by atoms with Crippen LogP contribution in [0.4, 0.5) is 0 Å². The molecule has 122 valence electrons. The fourth-order valence-corrected chi connectivity index (χ4v) is 2.64. The molecule has 0 saturated carbocycles. The fourth-order valence-electron chi connectivity index (χ4n) is 1.81. The maximum atomic E-state index is 11.6. The van der Waals surface area contributed by atoms with Gasteiger partial charge < -0.3 is 15.5 Å². The Bertz CT molecular complexity index is 666. The molecule has 0 saturated heterocycles. The van der Waals surface area contributed by atoms with Crippen LogP contribution >= 0.6 is 11.3 Å². The molecular formula is C16H21N5OS. The van der Waals surface area contributed by atoms with E-state index in [-0.39, 0.29) is 12.5 Å². The predicted octanol–water partition coefficient (Wildman–Crippen LogP) is 1.56. The van der Waals surface area contributed by atoms with E-state index in [2.05, 4.69) is 20.6 Å². The molecule has 0 aliphatic rings. The number of thiazole rings is 1. The average Bonchev–Trinajstić information content (AvgIpc) is 3.04. The Balaban J connectivity index is 1.88. The Labute approximate surface area is 140 Å². The van der Waals surface area contributed by atoms with Crippen molar-refractivity contribution < 1.29 is 4.79 Å². The van der Waals surface area contributed by atoms with Gasteiger partial charge in [-0.15, -0.1) is 11.3 Å². The molecule has 2 aromatic rings. The first-order chi connectivity index (χ1) is 11.1. The number of nitrogens with zero attached hydrogens (tertiary/aromatic N) is 3. The summed E-state index contributed by atoms with van der Waals surface area (Å²) in [5.41, 5.74) is 2.05. The minimum Gasteiger partial charge on any atom is -0.351 e. The molecule has 1 aromatic carbocycles. The van der Waals surface area contributed by atoms with Crippen LogP contribution in [0.25, 0.3) is 10.6 Å². The second-order valence-corrected chi connectivity index (χ2v) is 5.94. The highest BCUT2D eigenvalue weighted by Crippen LogP contribution is 2.22. The molecule has 1 aromatic heterocycles. The zero-order valence-electron chi connectivity index (χ0n) is 13.5. The van der Waals surface area contributed by atoms with E-state index in [9.17, 15) is 4.79 Å². The number of nitrogens with one attached hydrogen (secondary N) is 2. The maximum Gasteiger partial charge on any atom is 0.241 e. The van der Waals surface area contributed by atoms with Crippen molar-refractivity contribution in [2.24, 2.45) is 4.99 Å². The van der Waals surface area contributed by atoms with Gasteiger partial charge in [0.2, 0.25) is 5.91 Å². The van der Waals surface area contributed by atoms with Gasteiger partial charge in [-0.05, 0) is 0 Å². The lowest BCUT2D eigenvalue weighted by atomic mass is 10.2. The molecular weight excluding hydrogens is 310 g/mol. The Morgan fingerprint density at radius 3 is 2.65 bits per heavy atom. The second-order valence-electron chi connectivity index (χ2n) is 5.08. The third-order valence-electron chi connectivity index (χ3n) is 3.14. The van der Waals surface area contributed by atoms with Gasteiger partial charge in [0.05, 0.1) is 18.8 Å². The summed E-state index contributed by atoms with van der Waals surface area (Å²) in [7, 11) is 5.12. The third-order valence-corrected chi connectivity index (χ3v) is 4.08. The number of rotatable bonds is 5. The van der Waals surface area contributed by atoms with Gasteiger partial charge >= 0.3 is 0 Å². The zero-order chi connectivity index (χ0) is 16.7. The molecule has 2 rings (SSSR count). The van der Waals surface area contributed by atoms with Crippen molar-refractivity contribution in [3.05, 3.63) is 41.4 Å². The van der Waals surface area contributed by atoms with Crippen LogP contribution < -0.4 is 10.6 Å². The maximum absolute atomic E-state index is 11.6. The number of aliphatic imine (C=N–C) groups is 1. The monoisotopic (exact) mass is 331 g/mol. The number of likely N-dealkylation sites (N-methyl/N-ethyl adjacent to an activating group) is 1. The van der Waals surface area contributed by atoms with Gasteiger partial charge in [0.25, 0.3) is 0 Å². The normalized spacial score (nSPS) is 11.2. The van der Waals surface area contributed by atoms with Crippen molar-refractivity contribution >= 4 is 23.2 Å². The summed E-state index contributed by atoms with van der Waals surface area (Å²) in [6.45, 7) is 0.762. The standard InChI is InChI=1S/C16H21N5OS/c1-17-16(19-10-14(22)21(2)3)18-9-13-11-23-15(20-13)12-7-5-4-6-8-12/h4-8,11H,9-10H2,1-3H3,(H2,17,18,19). The molecule has 0 unspecified atom stereocenters. The van der Waals surface area contributed by atoms with Gasteiger partial charge in [-0.25, -0.2) is 4.98 Å². The van der Waals surface area contributed by atoms with Crippen LogP contribution in [0, 0.1) is 0 Å². The van der Waals surface area contributed by atoms with E-state index in [0.717, 1.165) is 16.3 Å². The van der Waals surface area contributed by atoms with Gasteiger partial charge in [0.1, 0.15) is 5.01 Å². The Kier molecular flexibility index (Phi) is 6.10. The SMILES string of the molecule is CN=C(NCC(=O)N(C)C)NCc1csc(-c2ccccc2)n1. The molecule has 23 heavy (non-hydrogen) atoms. The number of hydrogen-bond acceptors (Lipinski definition) is 4. The van der Waals surface area contributed by atoms with E-state index in [1.165, 1.54) is 4.90 Å². The molecule has 0 bridgehead atoms. The van der Waals surface area contributed by atoms with E-state index in [1.54, 1.807) is 32.5 Å². The van der Waals surface area contributed by atoms with Gasteiger partial charge in [-0.1, -0.05) is 30.3 Å². The molecule has 0 atom stereocenters. The van der Waals surface area contributed by atoms with Gasteiger partial charge in [0, 0.05) is 32.1 Å². The molecule has 0 fully saturated rings. The minimum absolute atomic E-state index is 0.00651. The summed E-state index contributed by atoms with van der Waals surface area (Å²) in [6, 6.07) is 10.1. The topological polar surface area (TPSA) is 69.6 Å². The van der Waals surface area contributed by atoms with Crippen molar-refractivity contribution in [3.8, 4) is 10.6 Å². The van der Waals surface area contributed by atoms with Crippen LogP contribution in [0.2, 0.25) is 0 Å². The summed E-state index contributed by atoms with van der Waals surface area (Å²) in [4.78, 5) is 21.8. The highest BCUT2D eigenvalue weighted by molar-refractivity contribution is 7.13. The van der Waals surface area contributed by atoms with Crippen LogP contribution in [-0.4, -0.2) is 49.4 Å². The van der Waals surface area contributed by atoms with E-state index < -0.39 is 0 Å². The lowest BCUT2D eigenvalue weighted by Gasteiger charge is -2.13. The summed E-state index contributed by atoms with van der Waals surface area (Å²) in [5.74, 6) is 0.572. The molecule has 1 amide bonds. The quantitative estimate of drug-likeness (QED) is 0.644. The predicted molar refractivity (Wildman–Crippen MR) is 94.4 cm³/mol. The van der Waals surface area contributed by atoms with Crippen molar-refractivity contribution in [1.29, 1.82) is 0 Å². The van der Waals surface area contributed by atoms with Crippen molar-refractivity contribution in [3.63, 3.8) is 0 Å². The van der Waals surface area contributed by atoms with Crippen LogP contribution in [0.15, 0.2) is 40.7 Å². The lowest BCUT2D eigenvalue weighted by molar-refractivity contribution is -0.127. The Morgan fingerprint density at radius 1 is 1.26 bits per heavy atom. The molecule has 1 heterocycles. The minimum atomic E-state index is -0.00651. The zero-order valence-corrected chi connectivity index (χ0v) is 14.4. The Morgan fingerprint density at radius 2 is 2.00 bits per heavy atom. The third kappa shape index (κ3) is 5.07. The lowest BCUT2D eigenvalue weighted by Crippen LogP contribution is -2.42. The van der Waals surface area contributed by atoms with Gasteiger partial charge in [-0.3, -0.25) is 9.79 Å². The van der Waals surface area contributed by atoms with Crippen LogP contribution in [0.5, 0.6) is 0 Å². The van der Waals surface area contributed by atoms with Crippen molar-refractivity contribution in [1.82, 2.24) is 20.5 Å². The largest absolute Gasteiger partial charge is 0.351 e. The van der Waals surface area contributed by atoms with Gasteiger partial charge in [-0.2, -0.15) is 0 Å². The second kappa shape index (κ2) is 8.28. The van der Waals surface area contributed by atoms with Crippen molar-refractivity contribution in [2.75, 3.05) is 27.7 Å². The summed E-state index contributed by atoms with van der Waals surface area (Å²) >= 11 is 1.61. The average molecular weight is 331 g/mol. The van der Waals surface area contributed by atoms with E-state index >= 15 is 0 Å². The fraction of sp³-hybridized carbons (Fsp3) is 0.312. The van der Waals surface area contributed by atoms with E-state index in [4.69, 9.17) is 0 Å². The van der Waals surface area contributed by atoms with Crippen LogP contribution in [0.1, 0.15) is 5.69 Å². The smallest absolute Gasteiger partial charge is 0.241 e. The Hall–Kier alpha value is -2.41. The van der Waals surface area contributed by atoms with Crippen LogP contribution in [0.3, 0.4) is 0 Å². The molecule has 6 nitrogen and oxygen atoms in total. The number of aromatic nitrogens is 1. The summed E-state index contributed by atoms with van der Waals surface area (Å²) in [6.07, 6.45) is 0. The van der Waals surface area contributed by atoms with Crippen LogP contribution in [-0.2, 0) is 11.3 Å². The molecule has 2 N–H and O–H groups in total. The molecule has 0 aliphatic heterocycles.